The molecule has 2 aromatic rings. The number of fused-ring (bicyclic) bond motifs is 1. The predicted molar refractivity (Wildman–Crippen MR) is 81.5 cm³/mol. The SMILES string of the molecule is Cc1ccccc1Cn1ncc2c1CC(C)(C)CC2N. The van der Waals surface area contributed by atoms with E-state index in [2.05, 4.69) is 54.8 Å². The molecular formula is C17H23N3. The molecule has 0 saturated heterocycles. The molecule has 0 fully saturated rings. The highest BCUT2D eigenvalue weighted by molar-refractivity contribution is 5.30. The fourth-order valence-corrected chi connectivity index (χ4v) is 3.24. The number of aryl methyl sites for hydroxylation is 1. The number of nitrogens with two attached hydrogens (primary N) is 1. The van der Waals surface area contributed by atoms with Gasteiger partial charge in [-0.15, -0.1) is 0 Å². The van der Waals surface area contributed by atoms with Crippen LogP contribution in [0, 0.1) is 12.3 Å². The maximum Gasteiger partial charge on any atom is 0.0665 e. The lowest BCUT2D eigenvalue weighted by atomic mass is 9.74. The van der Waals surface area contributed by atoms with Crippen molar-refractivity contribution in [2.75, 3.05) is 0 Å². The lowest BCUT2D eigenvalue weighted by Gasteiger charge is -2.33. The van der Waals surface area contributed by atoms with Gasteiger partial charge in [0.1, 0.15) is 0 Å². The van der Waals surface area contributed by atoms with Crippen LogP contribution in [-0.2, 0) is 13.0 Å². The summed E-state index contributed by atoms with van der Waals surface area (Å²) in [5.41, 5.74) is 11.8. The van der Waals surface area contributed by atoms with Crippen molar-refractivity contribution in [1.29, 1.82) is 0 Å². The second-order valence-corrected chi connectivity index (χ2v) is 6.78. The molecule has 106 valence electrons. The molecular weight excluding hydrogens is 246 g/mol. The maximum atomic E-state index is 6.31. The molecule has 1 aliphatic carbocycles. The Hall–Kier alpha value is -1.61. The summed E-state index contributed by atoms with van der Waals surface area (Å²) in [5.74, 6) is 0. The molecule has 1 atom stereocenters. The molecule has 3 rings (SSSR count). The van der Waals surface area contributed by atoms with Gasteiger partial charge in [-0.05, 0) is 36.3 Å². The van der Waals surface area contributed by atoms with E-state index in [1.165, 1.54) is 22.4 Å². The van der Waals surface area contributed by atoms with E-state index < -0.39 is 0 Å². The number of benzene rings is 1. The molecule has 1 aromatic carbocycles. The molecule has 3 heteroatoms. The first-order chi connectivity index (χ1) is 9.46. The Kier molecular flexibility index (Phi) is 3.17. The molecule has 0 saturated carbocycles. The van der Waals surface area contributed by atoms with Crippen molar-refractivity contribution in [3.8, 4) is 0 Å². The first-order valence-corrected chi connectivity index (χ1v) is 7.31. The van der Waals surface area contributed by atoms with Gasteiger partial charge < -0.3 is 5.73 Å². The van der Waals surface area contributed by atoms with Crippen molar-refractivity contribution < 1.29 is 0 Å². The van der Waals surface area contributed by atoms with E-state index >= 15 is 0 Å². The summed E-state index contributed by atoms with van der Waals surface area (Å²) in [5, 5.41) is 4.59. The second kappa shape index (κ2) is 4.74. The highest BCUT2D eigenvalue weighted by atomic mass is 15.3. The lowest BCUT2D eigenvalue weighted by molar-refractivity contribution is 0.275. The van der Waals surface area contributed by atoms with E-state index in [4.69, 9.17) is 5.73 Å². The number of aromatic nitrogens is 2. The first-order valence-electron chi connectivity index (χ1n) is 7.31. The van der Waals surface area contributed by atoms with E-state index in [1.54, 1.807) is 0 Å². The Bertz CT molecular complexity index is 625. The smallest absolute Gasteiger partial charge is 0.0665 e. The average Bonchev–Trinajstić information content (AvgIpc) is 2.74. The van der Waals surface area contributed by atoms with Gasteiger partial charge in [0.15, 0.2) is 0 Å². The summed E-state index contributed by atoms with van der Waals surface area (Å²) in [7, 11) is 0. The molecule has 3 nitrogen and oxygen atoms in total. The van der Waals surface area contributed by atoms with E-state index in [1.807, 2.05) is 6.20 Å². The minimum absolute atomic E-state index is 0.124. The fourth-order valence-electron chi connectivity index (χ4n) is 3.24. The molecule has 0 radical (unpaired) electrons. The number of rotatable bonds is 2. The van der Waals surface area contributed by atoms with E-state index in [9.17, 15) is 0 Å². The van der Waals surface area contributed by atoms with Crippen LogP contribution < -0.4 is 5.73 Å². The third kappa shape index (κ3) is 2.38. The summed E-state index contributed by atoms with van der Waals surface area (Å²) in [6, 6.07) is 8.63. The van der Waals surface area contributed by atoms with Crippen LogP contribution in [0.5, 0.6) is 0 Å². The van der Waals surface area contributed by atoms with Crippen LogP contribution in [0.2, 0.25) is 0 Å². The van der Waals surface area contributed by atoms with Crippen LogP contribution in [0.4, 0.5) is 0 Å². The minimum Gasteiger partial charge on any atom is -0.324 e. The summed E-state index contributed by atoms with van der Waals surface area (Å²) < 4.78 is 2.14. The molecule has 20 heavy (non-hydrogen) atoms. The third-order valence-corrected chi connectivity index (χ3v) is 4.38. The van der Waals surface area contributed by atoms with Gasteiger partial charge in [0.25, 0.3) is 0 Å². The summed E-state index contributed by atoms with van der Waals surface area (Å²) in [4.78, 5) is 0. The molecule has 0 aliphatic heterocycles. The number of nitrogens with zero attached hydrogens (tertiary/aromatic N) is 2. The van der Waals surface area contributed by atoms with Crippen molar-refractivity contribution >= 4 is 0 Å². The zero-order chi connectivity index (χ0) is 14.3. The highest BCUT2D eigenvalue weighted by Crippen LogP contribution is 2.39. The van der Waals surface area contributed by atoms with Gasteiger partial charge in [0.2, 0.25) is 0 Å². The van der Waals surface area contributed by atoms with Gasteiger partial charge in [-0.3, -0.25) is 4.68 Å². The van der Waals surface area contributed by atoms with Gasteiger partial charge >= 0.3 is 0 Å². The quantitative estimate of drug-likeness (QED) is 0.909. The molecule has 0 spiro atoms. The first kappa shape index (κ1) is 13.4. The van der Waals surface area contributed by atoms with E-state index in [-0.39, 0.29) is 11.5 Å². The molecule has 0 bridgehead atoms. The Labute approximate surface area is 120 Å². The van der Waals surface area contributed by atoms with Crippen LogP contribution in [0.1, 0.15) is 48.7 Å². The van der Waals surface area contributed by atoms with Crippen LogP contribution >= 0.6 is 0 Å². The predicted octanol–water partition coefficient (Wildman–Crippen LogP) is 3.21. The molecule has 1 unspecified atom stereocenters. The highest BCUT2D eigenvalue weighted by Gasteiger charge is 2.33. The second-order valence-electron chi connectivity index (χ2n) is 6.78. The summed E-state index contributed by atoms with van der Waals surface area (Å²) in [6.07, 6.45) is 4.06. The van der Waals surface area contributed by atoms with E-state index in [0.29, 0.717) is 0 Å². The minimum atomic E-state index is 0.124. The van der Waals surface area contributed by atoms with Gasteiger partial charge in [-0.2, -0.15) is 5.10 Å². The number of hydrogen-bond acceptors (Lipinski definition) is 2. The Morgan fingerprint density at radius 2 is 2.10 bits per heavy atom. The van der Waals surface area contributed by atoms with Crippen molar-refractivity contribution in [3.05, 3.63) is 52.8 Å². The van der Waals surface area contributed by atoms with Crippen molar-refractivity contribution in [2.45, 2.75) is 46.2 Å². The monoisotopic (exact) mass is 269 g/mol. The topological polar surface area (TPSA) is 43.8 Å². The van der Waals surface area contributed by atoms with Crippen LogP contribution in [0.15, 0.2) is 30.5 Å². The van der Waals surface area contributed by atoms with E-state index in [0.717, 1.165) is 19.4 Å². The van der Waals surface area contributed by atoms with Crippen molar-refractivity contribution in [3.63, 3.8) is 0 Å². The average molecular weight is 269 g/mol. The van der Waals surface area contributed by atoms with Crippen LogP contribution in [0.3, 0.4) is 0 Å². The molecule has 1 aromatic heterocycles. The zero-order valence-corrected chi connectivity index (χ0v) is 12.6. The Morgan fingerprint density at radius 1 is 1.35 bits per heavy atom. The fraction of sp³-hybridized carbons (Fsp3) is 0.471. The number of hydrogen-bond donors (Lipinski definition) is 1. The summed E-state index contributed by atoms with van der Waals surface area (Å²) in [6.45, 7) is 7.58. The van der Waals surface area contributed by atoms with Gasteiger partial charge in [0, 0.05) is 17.3 Å². The Morgan fingerprint density at radius 3 is 2.85 bits per heavy atom. The largest absolute Gasteiger partial charge is 0.324 e. The standard InChI is InChI=1S/C17H23N3/c1-12-6-4-5-7-13(12)11-20-16-9-17(2,3)8-15(18)14(16)10-19-20/h4-7,10,15H,8-9,11,18H2,1-3H3. The maximum absolute atomic E-state index is 6.31. The zero-order valence-electron chi connectivity index (χ0n) is 12.6. The molecule has 1 aliphatic rings. The Balaban J connectivity index is 1.95. The third-order valence-electron chi connectivity index (χ3n) is 4.38. The lowest BCUT2D eigenvalue weighted by Crippen LogP contribution is -2.30. The van der Waals surface area contributed by atoms with Crippen molar-refractivity contribution in [1.82, 2.24) is 9.78 Å². The van der Waals surface area contributed by atoms with Crippen LogP contribution in [-0.4, -0.2) is 9.78 Å². The summed E-state index contributed by atoms with van der Waals surface area (Å²) >= 11 is 0. The van der Waals surface area contributed by atoms with Crippen molar-refractivity contribution in [2.24, 2.45) is 11.1 Å². The molecule has 0 amide bonds. The molecule has 1 heterocycles. The van der Waals surface area contributed by atoms with Gasteiger partial charge in [-0.25, -0.2) is 0 Å². The molecule has 2 N–H and O–H groups in total. The van der Waals surface area contributed by atoms with Gasteiger partial charge in [-0.1, -0.05) is 38.1 Å². The van der Waals surface area contributed by atoms with Crippen LogP contribution in [0.25, 0.3) is 0 Å². The van der Waals surface area contributed by atoms with Gasteiger partial charge in [0.05, 0.1) is 12.7 Å². The normalized spacial score (nSPS) is 20.7.